The summed E-state index contributed by atoms with van der Waals surface area (Å²) in [5, 5.41) is 3.29. The summed E-state index contributed by atoms with van der Waals surface area (Å²) < 4.78 is 13.4. The van der Waals surface area contributed by atoms with Gasteiger partial charge in [-0.25, -0.2) is 19.3 Å². The van der Waals surface area contributed by atoms with Crippen LogP contribution in [-0.2, 0) is 5.41 Å². The van der Waals surface area contributed by atoms with Gasteiger partial charge in [-0.15, -0.1) is 0 Å². The summed E-state index contributed by atoms with van der Waals surface area (Å²) in [6.45, 7) is 4.72. The normalized spacial score (nSPS) is 11.8. The largest absolute Gasteiger partial charge is 0.367 e. The molecule has 0 aliphatic carbocycles. The van der Waals surface area contributed by atoms with E-state index < -0.39 is 0 Å². The first kappa shape index (κ1) is 13.5. The maximum absolute atomic E-state index is 13.4. The molecule has 2 N–H and O–H groups in total. The number of anilines is 1. The van der Waals surface area contributed by atoms with E-state index in [0.717, 1.165) is 11.1 Å². The minimum Gasteiger partial charge on any atom is -0.367 e. The van der Waals surface area contributed by atoms with E-state index in [-0.39, 0.29) is 11.2 Å². The highest BCUT2D eigenvalue weighted by molar-refractivity contribution is 5.81. The van der Waals surface area contributed by atoms with Crippen LogP contribution in [0, 0.1) is 5.82 Å². The second-order valence-electron chi connectivity index (χ2n) is 5.57. The summed E-state index contributed by atoms with van der Waals surface area (Å²) in [6.07, 6.45) is 3.06. The molecule has 2 aromatic heterocycles. The number of hydrogen-bond acceptors (Lipinski definition) is 4. The molecule has 3 aromatic rings. The molecule has 2 heterocycles. The average Bonchev–Trinajstić information content (AvgIpc) is 2.94. The number of imidazole rings is 1. The monoisotopic (exact) mass is 285 g/mol. The Morgan fingerprint density at radius 1 is 1.24 bits per heavy atom. The van der Waals surface area contributed by atoms with Crippen LogP contribution in [0.3, 0.4) is 0 Å². The molecule has 0 aliphatic heterocycles. The molecule has 5 nitrogen and oxygen atoms in total. The minimum absolute atomic E-state index is 0.224. The summed E-state index contributed by atoms with van der Waals surface area (Å²) in [4.78, 5) is 15.4. The van der Waals surface area contributed by atoms with Gasteiger partial charge in [-0.05, 0) is 17.7 Å². The highest BCUT2D eigenvalue weighted by Crippen LogP contribution is 2.25. The van der Waals surface area contributed by atoms with Crippen LogP contribution in [0.5, 0.6) is 0 Å². The second kappa shape index (κ2) is 5.12. The molecule has 0 spiro atoms. The first-order valence-corrected chi connectivity index (χ1v) is 6.70. The van der Waals surface area contributed by atoms with Gasteiger partial charge in [0.2, 0.25) is 0 Å². The fourth-order valence-corrected chi connectivity index (χ4v) is 2.22. The number of benzene rings is 1. The maximum Gasteiger partial charge on any atom is 0.182 e. The number of H-pyrrole nitrogens is 1. The number of aromatic nitrogens is 4. The van der Waals surface area contributed by atoms with E-state index in [2.05, 4.69) is 39.1 Å². The Morgan fingerprint density at radius 2 is 2.10 bits per heavy atom. The van der Waals surface area contributed by atoms with Crippen molar-refractivity contribution < 1.29 is 4.39 Å². The van der Waals surface area contributed by atoms with E-state index >= 15 is 0 Å². The van der Waals surface area contributed by atoms with Crippen LogP contribution in [0.1, 0.15) is 19.4 Å². The highest BCUT2D eigenvalue weighted by Gasteiger charge is 2.21. The molecule has 3 rings (SSSR count). The zero-order chi connectivity index (χ0) is 14.9. The molecule has 0 amide bonds. The van der Waals surface area contributed by atoms with Crippen LogP contribution in [0.15, 0.2) is 36.9 Å². The first-order chi connectivity index (χ1) is 10.1. The van der Waals surface area contributed by atoms with Gasteiger partial charge in [0, 0.05) is 12.0 Å². The van der Waals surface area contributed by atoms with Gasteiger partial charge < -0.3 is 10.3 Å². The van der Waals surface area contributed by atoms with E-state index in [1.807, 2.05) is 6.07 Å². The predicted molar refractivity (Wildman–Crippen MR) is 79.6 cm³/mol. The van der Waals surface area contributed by atoms with Crippen LogP contribution >= 0.6 is 0 Å². The van der Waals surface area contributed by atoms with Crippen molar-refractivity contribution in [3.05, 3.63) is 48.3 Å². The lowest BCUT2D eigenvalue weighted by Crippen LogP contribution is -2.28. The van der Waals surface area contributed by atoms with Crippen molar-refractivity contribution in [3.8, 4) is 0 Å². The molecule has 0 fully saturated rings. The number of halogens is 1. The fourth-order valence-electron chi connectivity index (χ4n) is 2.22. The molecule has 21 heavy (non-hydrogen) atoms. The van der Waals surface area contributed by atoms with Crippen LogP contribution < -0.4 is 5.32 Å². The molecule has 0 saturated carbocycles. The van der Waals surface area contributed by atoms with Gasteiger partial charge in [0.25, 0.3) is 0 Å². The standard InChI is InChI=1S/C15H16FN5/c1-15(2,10-4-3-5-11(16)6-10)7-17-13-12-14(19-8-18-12)21-9-20-13/h3-6,8-9H,7H2,1-2H3,(H2,17,18,19,20,21). The molecule has 108 valence electrons. The van der Waals surface area contributed by atoms with Crippen molar-refractivity contribution in [1.29, 1.82) is 0 Å². The predicted octanol–water partition coefficient (Wildman–Crippen LogP) is 2.88. The van der Waals surface area contributed by atoms with E-state index in [9.17, 15) is 4.39 Å². The van der Waals surface area contributed by atoms with Crippen molar-refractivity contribution in [2.24, 2.45) is 0 Å². The summed E-state index contributed by atoms with van der Waals surface area (Å²) in [5.41, 5.74) is 2.09. The lowest BCUT2D eigenvalue weighted by Gasteiger charge is -2.26. The van der Waals surface area contributed by atoms with Crippen LogP contribution in [0.4, 0.5) is 10.2 Å². The summed E-state index contributed by atoms with van der Waals surface area (Å²) in [7, 11) is 0. The Balaban J connectivity index is 1.82. The van der Waals surface area contributed by atoms with Crippen molar-refractivity contribution in [1.82, 2.24) is 19.9 Å². The molecule has 6 heteroatoms. The average molecular weight is 285 g/mol. The van der Waals surface area contributed by atoms with Crippen LogP contribution in [0.25, 0.3) is 11.2 Å². The molecule has 1 aromatic carbocycles. The third-order valence-corrected chi connectivity index (χ3v) is 3.53. The van der Waals surface area contributed by atoms with Gasteiger partial charge in [0.05, 0.1) is 6.33 Å². The Morgan fingerprint density at radius 3 is 2.90 bits per heavy atom. The van der Waals surface area contributed by atoms with Gasteiger partial charge >= 0.3 is 0 Å². The Kier molecular flexibility index (Phi) is 3.29. The first-order valence-electron chi connectivity index (χ1n) is 6.70. The second-order valence-corrected chi connectivity index (χ2v) is 5.57. The van der Waals surface area contributed by atoms with E-state index in [0.29, 0.717) is 18.0 Å². The summed E-state index contributed by atoms with van der Waals surface area (Å²) >= 11 is 0. The Labute approximate surface area is 121 Å². The smallest absolute Gasteiger partial charge is 0.182 e. The van der Waals surface area contributed by atoms with Gasteiger partial charge in [0.1, 0.15) is 17.7 Å². The Hall–Kier alpha value is -2.50. The van der Waals surface area contributed by atoms with E-state index in [1.165, 1.54) is 12.4 Å². The maximum atomic E-state index is 13.4. The van der Waals surface area contributed by atoms with Crippen LogP contribution in [0.2, 0.25) is 0 Å². The third-order valence-electron chi connectivity index (χ3n) is 3.53. The number of aromatic amines is 1. The van der Waals surface area contributed by atoms with E-state index in [1.54, 1.807) is 18.5 Å². The van der Waals surface area contributed by atoms with Gasteiger partial charge in [0.15, 0.2) is 11.5 Å². The lowest BCUT2D eigenvalue weighted by atomic mass is 9.84. The molecule has 0 saturated heterocycles. The van der Waals surface area contributed by atoms with E-state index in [4.69, 9.17) is 0 Å². The fraction of sp³-hybridized carbons (Fsp3) is 0.267. The quantitative estimate of drug-likeness (QED) is 0.773. The lowest BCUT2D eigenvalue weighted by molar-refractivity contribution is 0.546. The van der Waals surface area contributed by atoms with Gasteiger partial charge in [-0.2, -0.15) is 0 Å². The number of fused-ring (bicyclic) bond motifs is 1. The number of rotatable bonds is 4. The van der Waals surface area contributed by atoms with Gasteiger partial charge in [-0.1, -0.05) is 26.0 Å². The van der Waals surface area contributed by atoms with Crippen molar-refractivity contribution in [2.75, 3.05) is 11.9 Å². The zero-order valence-corrected chi connectivity index (χ0v) is 11.9. The molecular formula is C15H16FN5. The minimum atomic E-state index is -0.237. The Bertz CT molecular complexity index is 765. The molecular weight excluding hydrogens is 269 g/mol. The van der Waals surface area contributed by atoms with Crippen molar-refractivity contribution in [3.63, 3.8) is 0 Å². The third kappa shape index (κ3) is 2.69. The molecule has 0 unspecified atom stereocenters. The summed E-state index contributed by atoms with van der Waals surface area (Å²) in [5.74, 6) is 0.473. The van der Waals surface area contributed by atoms with Crippen molar-refractivity contribution in [2.45, 2.75) is 19.3 Å². The SMILES string of the molecule is CC(C)(CNc1ncnc2nc[nH]c12)c1cccc(F)c1. The van der Waals surface area contributed by atoms with Gasteiger partial charge in [-0.3, -0.25) is 0 Å². The number of nitrogens with zero attached hydrogens (tertiary/aromatic N) is 3. The number of hydrogen-bond donors (Lipinski definition) is 2. The molecule has 0 radical (unpaired) electrons. The van der Waals surface area contributed by atoms with Crippen molar-refractivity contribution >= 4 is 17.0 Å². The highest BCUT2D eigenvalue weighted by atomic mass is 19.1. The topological polar surface area (TPSA) is 66.5 Å². The molecule has 0 bridgehead atoms. The zero-order valence-electron chi connectivity index (χ0n) is 11.9. The number of nitrogens with one attached hydrogen (secondary N) is 2. The van der Waals surface area contributed by atoms with Crippen LogP contribution in [-0.4, -0.2) is 26.5 Å². The molecule has 0 atom stereocenters. The molecule has 0 aliphatic rings. The summed E-state index contributed by atoms with van der Waals surface area (Å²) in [6, 6.07) is 6.67.